The third-order valence-corrected chi connectivity index (χ3v) is 4.26. The minimum Gasteiger partial charge on any atom is -0.336 e. The van der Waals surface area contributed by atoms with Crippen molar-refractivity contribution in [2.45, 2.75) is 50.9 Å². The summed E-state index contributed by atoms with van der Waals surface area (Å²) in [5.41, 5.74) is 0.0610. The van der Waals surface area contributed by atoms with Crippen LogP contribution in [0.15, 0.2) is 9.59 Å². The van der Waals surface area contributed by atoms with E-state index in [9.17, 15) is 9.59 Å². The molecule has 0 saturated heterocycles. The third kappa shape index (κ3) is 2.30. The lowest BCUT2D eigenvalue weighted by atomic mass is 9.91. The van der Waals surface area contributed by atoms with Gasteiger partial charge in [0, 0.05) is 13.0 Å². The summed E-state index contributed by atoms with van der Waals surface area (Å²) in [5.74, 6) is 1.23. The minimum absolute atomic E-state index is 0.372. The molecule has 0 bridgehead atoms. The SMILES string of the molecule is Cn1c(=O)[nH]c(=O)c2[nH]c(C3CCCCCCC3)nc21. The standard InChI is InChI=1S/C14H20N4O2/c1-18-12-10(13(19)17-14(18)20)15-11(16-12)9-7-5-3-2-4-6-8-9/h9H,2-8H2,1H3,(H,15,16)(H,17,19,20). The van der Waals surface area contributed by atoms with Crippen LogP contribution in [-0.2, 0) is 7.05 Å². The van der Waals surface area contributed by atoms with E-state index in [0.717, 1.165) is 18.7 Å². The van der Waals surface area contributed by atoms with Crippen LogP contribution in [0.4, 0.5) is 0 Å². The molecule has 0 amide bonds. The van der Waals surface area contributed by atoms with E-state index in [4.69, 9.17) is 0 Å². The van der Waals surface area contributed by atoms with Gasteiger partial charge in [-0.3, -0.25) is 14.3 Å². The van der Waals surface area contributed by atoms with E-state index in [1.165, 1.54) is 36.7 Å². The van der Waals surface area contributed by atoms with Gasteiger partial charge in [-0.05, 0) is 12.8 Å². The Hall–Kier alpha value is -1.85. The lowest BCUT2D eigenvalue weighted by molar-refractivity contribution is 0.445. The normalized spacial score (nSPS) is 18.1. The van der Waals surface area contributed by atoms with Gasteiger partial charge in [0.05, 0.1) is 0 Å². The number of nitrogens with one attached hydrogen (secondary N) is 2. The number of aromatic amines is 2. The molecule has 6 nitrogen and oxygen atoms in total. The summed E-state index contributed by atoms with van der Waals surface area (Å²) in [7, 11) is 1.63. The fourth-order valence-electron chi connectivity index (χ4n) is 3.05. The van der Waals surface area contributed by atoms with E-state index in [1.807, 2.05) is 0 Å². The summed E-state index contributed by atoms with van der Waals surface area (Å²) < 4.78 is 1.39. The highest BCUT2D eigenvalue weighted by atomic mass is 16.2. The van der Waals surface area contributed by atoms with Gasteiger partial charge in [-0.1, -0.05) is 32.1 Å². The molecule has 0 unspecified atom stereocenters. The molecule has 20 heavy (non-hydrogen) atoms. The molecule has 1 aliphatic carbocycles. The maximum absolute atomic E-state index is 11.8. The van der Waals surface area contributed by atoms with Gasteiger partial charge in [0.2, 0.25) is 0 Å². The van der Waals surface area contributed by atoms with Crippen molar-refractivity contribution in [1.82, 2.24) is 19.5 Å². The van der Waals surface area contributed by atoms with Crippen molar-refractivity contribution < 1.29 is 0 Å². The number of fused-ring (bicyclic) bond motifs is 1. The molecule has 0 spiro atoms. The monoisotopic (exact) mass is 276 g/mol. The Morgan fingerprint density at radius 3 is 2.40 bits per heavy atom. The first-order valence-electron chi connectivity index (χ1n) is 7.36. The second-order valence-corrected chi connectivity index (χ2v) is 5.68. The van der Waals surface area contributed by atoms with Crippen LogP contribution < -0.4 is 11.2 Å². The van der Waals surface area contributed by atoms with E-state index in [0.29, 0.717) is 17.1 Å². The second-order valence-electron chi connectivity index (χ2n) is 5.68. The highest BCUT2D eigenvalue weighted by Crippen LogP contribution is 2.29. The van der Waals surface area contributed by atoms with Crippen LogP contribution in [0, 0.1) is 0 Å². The molecule has 1 fully saturated rings. The first-order valence-corrected chi connectivity index (χ1v) is 7.36. The van der Waals surface area contributed by atoms with Gasteiger partial charge in [0.15, 0.2) is 5.65 Å². The van der Waals surface area contributed by atoms with Crippen LogP contribution >= 0.6 is 0 Å². The lowest BCUT2D eigenvalue weighted by Crippen LogP contribution is -2.28. The fourth-order valence-corrected chi connectivity index (χ4v) is 3.05. The third-order valence-electron chi connectivity index (χ3n) is 4.26. The molecule has 3 rings (SSSR count). The van der Waals surface area contributed by atoms with Crippen LogP contribution in [0.5, 0.6) is 0 Å². The molecule has 0 aromatic carbocycles. The van der Waals surface area contributed by atoms with Gasteiger partial charge in [0.1, 0.15) is 11.3 Å². The van der Waals surface area contributed by atoms with Crippen LogP contribution in [-0.4, -0.2) is 19.5 Å². The van der Waals surface area contributed by atoms with Crippen molar-refractivity contribution in [3.05, 3.63) is 26.7 Å². The molecule has 2 aromatic heterocycles. The van der Waals surface area contributed by atoms with Crippen LogP contribution in [0.3, 0.4) is 0 Å². The molecule has 2 N–H and O–H groups in total. The lowest BCUT2D eigenvalue weighted by Gasteiger charge is -2.17. The fraction of sp³-hybridized carbons (Fsp3) is 0.643. The number of aromatic nitrogens is 4. The molecular weight excluding hydrogens is 256 g/mol. The molecular formula is C14H20N4O2. The topological polar surface area (TPSA) is 83.5 Å². The van der Waals surface area contributed by atoms with Gasteiger partial charge in [0.25, 0.3) is 5.56 Å². The van der Waals surface area contributed by atoms with Crippen molar-refractivity contribution in [3.63, 3.8) is 0 Å². The number of hydrogen-bond donors (Lipinski definition) is 2. The molecule has 0 aliphatic heterocycles. The predicted molar refractivity (Wildman–Crippen MR) is 77.0 cm³/mol. The Bertz CT molecular complexity index is 717. The Labute approximate surface area is 116 Å². The minimum atomic E-state index is -0.418. The number of imidazole rings is 1. The number of hydrogen-bond acceptors (Lipinski definition) is 3. The van der Waals surface area contributed by atoms with E-state index >= 15 is 0 Å². The molecule has 6 heteroatoms. The van der Waals surface area contributed by atoms with Gasteiger partial charge in [-0.15, -0.1) is 0 Å². The second kappa shape index (κ2) is 5.26. The van der Waals surface area contributed by atoms with Crippen molar-refractivity contribution in [1.29, 1.82) is 0 Å². The summed E-state index contributed by atoms with van der Waals surface area (Å²) in [6, 6.07) is 0. The Kier molecular flexibility index (Phi) is 3.46. The molecule has 0 atom stereocenters. The largest absolute Gasteiger partial charge is 0.336 e. The maximum atomic E-state index is 11.8. The van der Waals surface area contributed by atoms with Gasteiger partial charge in [-0.2, -0.15) is 0 Å². The van der Waals surface area contributed by atoms with Crippen LogP contribution in [0.2, 0.25) is 0 Å². The number of H-pyrrole nitrogens is 2. The van der Waals surface area contributed by atoms with Crippen molar-refractivity contribution in [2.75, 3.05) is 0 Å². The zero-order chi connectivity index (χ0) is 14.1. The van der Waals surface area contributed by atoms with Crippen molar-refractivity contribution in [3.8, 4) is 0 Å². The Morgan fingerprint density at radius 2 is 1.70 bits per heavy atom. The molecule has 1 aliphatic rings. The van der Waals surface area contributed by atoms with Crippen LogP contribution in [0.25, 0.3) is 11.2 Å². The Morgan fingerprint density at radius 1 is 1.05 bits per heavy atom. The van der Waals surface area contributed by atoms with Crippen LogP contribution in [0.1, 0.15) is 56.7 Å². The summed E-state index contributed by atoms with van der Waals surface area (Å²) in [4.78, 5) is 33.4. The molecule has 2 aromatic rings. The molecule has 1 saturated carbocycles. The van der Waals surface area contributed by atoms with E-state index in [2.05, 4.69) is 15.0 Å². The summed E-state index contributed by atoms with van der Waals surface area (Å²) >= 11 is 0. The number of aryl methyl sites for hydroxylation is 1. The van der Waals surface area contributed by atoms with Gasteiger partial charge in [-0.25, -0.2) is 9.78 Å². The first-order chi connectivity index (χ1) is 9.66. The maximum Gasteiger partial charge on any atom is 0.329 e. The van der Waals surface area contributed by atoms with Gasteiger partial charge >= 0.3 is 5.69 Å². The highest BCUT2D eigenvalue weighted by molar-refractivity contribution is 5.69. The number of nitrogens with zero attached hydrogens (tertiary/aromatic N) is 2. The zero-order valence-electron chi connectivity index (χ0n) is 11.7. The summed E-state index contributed by atoms with van der Waals surface area (Å²) in [5, 5.41) is 0. The smallest absolute Gasteiger partial charge is 0.329 e. The Balaban J connectivity index is 2.04. The van der Waals surface area contributed by atoms with E-state index in [1.54, 1.807) is 7.05 Å². The summed E-state index contributed by atoms with van der Waals surface area (Å²) in [6.45, 7) is 0. The summed E-state index contributed by atoms with van der Waals surface area (Å²) in [6.07, 6.45) is 8.48. The van der Waals surface area contributed by atoms with Crippen molar-refractivity contribution >= 4 is 11.2 Å². The number of rotatable bonds is 1. The quantitative estimate of drug-likeness (QED) is 0.832. The van der Waals surface area contributed by atoms with E-state index < -0.39 is 5.69 Å². The van der Waals surface area contributed by atoms with E-state index in [-0.39, 0.29) is 5.56 Å². The average molecular weight is 276 g/mol. The molecule has 0 radical (unpaired) electrons. The molecule has 2 heterocycles. The van der Waals surface area contributed by atoms with Gasteiger partial charge < -0.3 is 4.98 Å². The first kappa shape index (κ1) is 13.1. The average Bonchev–Trinajstić information content (AvgIpc) is 2.81. The predicted octanol–water partition coefficient (Wildman–Crippen LogP) is 1.78. The highest BCUT2D eigenvalue weighted by Gasteiger charge is 2.19. The molecule has 108 valence electrons. The van der Waals surface area contributed by atoms with Crippen molar-refractivity contribution in [2.24, 2.45) is 7.05 Å². The zero-order valence-corrected chi connectivity index (χ0v) is 11.7.